The van der Waals surface area contributed by atoms with Gasteiger partial charge in [0.25, 0.3) is 0 Å². The molecule has 4 saturated carbocycles. The molecule has 0 aromatic heterocycles. The van der Waals surface area contributed by atoms with Crippen LogP contribution in [0.2, 0.25) is 0 Å². The molecule has 17 atom stereocenters. The molecule has 8 N–H and O–H groups in total. The van der Waals surface area contributed by atoms with Gasteiger partial charge in [0, 0.05) is 28.4 Å². The number of rotatable bonds is 0. The summed E-state index contributed by atoms with van der Waals surface area (Å²) in [4.78, 5) is 0. The normalized spacial score (nSPS) is 56.9. The minimum Gasteiger partial charge on any atom is -0.286 e. The summed E-state index contributed by atoms with van der Waals surface area (Å²) in [7, 11) is 0. The average Bonchev–Trinajstić information content (AvgIpc) is 3.73. The summed E-state index contributed by atoms with van der Waals surface area (Å²) in [6.07, 6.45) is 22.9. The molecule has 9 rings (SSSR count). The Labute approximate surface area is 268 Å². The quantitative estimate of drug-likeness (QED) is 0.150. The fourth-order valence-electron chi connectivity index (χ4n) is 12.0. The van der Waals surface area contributed by atoms with Crippen molar-refractivity contribution in [3.63, 3.8) is 0 Å². The standard InChI is InChI=1S/C32H55ClN8.Cu/c33-23-15-7-14-22-24(23)32-40-30-21-13-6-5-12-20(21)28(38-30)36-26-17-9-2-1-8-16(17)25(34-26)35-27-18-10-3-4-11-19(18)29(37-27)39-31(22)41-32;/h16-32,34-41H,1-15H2;. The molecule has 8 nitrogen and oxygen atoms in total. The third kappa shape index (κ3) is 5.08. The van der Waals surface area contributed by atoms with Crippen molar-refractivity contribution in [1.82, 2.24) is 42.5 Å². The van der Waals surface area contributed by atoms with Crippen molar-refractivity contribution in [2.24, 2.45) is 47.3 Å². The molecule has 241 valence electrons. The smallest absolute Gasteiger partial charge is 0.0642 e. The first kappa shape index (κ1) is 29.9. The van der Waals surface area contributed by atoms with Gasteiger partial charge in [-0.3, -0.25) is 42.5 Å². The zero-order chi connectivity index (χ0) is 27.1. The van der Waals surface area contributed by atoms with Gasteiger partial charge in [0.2, 0.25) is 0 Å². The van der Waals surface area contributed by atoms with Crippen LogP contribution in [-0.4, -0.2) is 54.7 Å². The van der Waals surface area contributed by atoms with Gasteiger partial charge in [0.1, 0.15) is 0 Å². The number of fused-ring (bicyclic) bond motifs is 20. The summed E-state index contributed by atoms with van der Waals surface area (Å²) < 4.78 is 0. The zero-order valence-electron chi connectivity index (χ0n) is 25.1. The van der Waals surface area contributed by atoms with E-state index in [1.54, 1.807) is 0 Å². The summed E-state index contributed by atoms with van der Waals surface area (Å²) in [6, 6.07) is 0. The Morgan fingerprint density at radius 3 is 0.905 bits per heavy atom. The van der Waals surface area contributed by atoms with Crippen LogP contribution < -0.4 is 42.5 Å². The van der Waals surface area contributed by atoms with E-state index in [0.717, 1.165) is 18.3 Å². The molecule has 0 aromatic rings. The van der Waals surface area contributed by atoms with Crippen LogP contribution in [0, 0.1) is 47.3 Å². The first-order valence-electron chi connectivity index (χ1n) is 17.9. The zero-order valence-corrected chi connectivity index (χ0v) is 26.8. The van der Waals surface area contributed by atoms with Crippen LogP contribution >= 0.6 is 11.6 Å². The van der Waals surface area contributed by atoms with Gasteiger partial charge in [0.15, 0.2) is 0 Å². The van der Waals surface area contributed by atoms with Gasteiger partial charge in [0.05, 0.1) is 49.3 Å². The van der Waals surface area contributed by atoms with E-state index >= 15 is 0 Å². The predicted molar refractivity (Wildman–Crippen MR) is 162 cm³/mol. The minimum absolute atomic E-state index is 0. The van der Waals surface area contributed by atoms with E-state index in [-0.39, 0.29) is 28.6 Å². The van der Waals surface area contributed by atoms with Gasteiger partial charge in [-0.05, 0) is 92.8 Å². The minimum atomic E-state index is 0. The molecule has 8 bridgehead atoms. The number of hydrogen-bond donors (Lipinski definition) is 8. The van der Waals surface area contributed by atoms with E-state index in [1.165, 1.54) is 89.9 Å². The molecule has 5 aliphatic heterocycles. The molecule has 1 radical (unpaired) electrons. The number of halogens is 1. The molecule has 0 amide bonds. The van der Waals surface area contributed by atoms with Crippen LogP contribution in [0.3, 0.4) is 0 Å². The monoisotopic (exact) mass is 649 g/mol. The number of nitrogens with one attached hydrogen (secondary N) is 8. The van der Waals surface area contributed by atoms with Crippen molar-refractivity contribution >= 4 is 11.6 Å². The molecule has 42 heavy (non-hydrogen) atoms. The molecule has 9 aliphatic rings. The van der Waals surface area contributed by atoms with Gasteiger partial charge >= 0.3 is 0 Å². The van der Waals surface area contributed by atoms with Crippen molar-refractivity contribution < 1.29 is 17.1 Å². The second-order valence-electron chi connectivity index (χ2n) is 15.7. The Bertz CT molecular complexity index is 959. The Hall–Kier alpha value is 0.489. The summed E-state index contributed by atoms with van der Waals surface area (Å²) in [6.45, 7) is 0. The molecule has 9 fully saturated rings. The molecule has 0 spiro atoms. The van der Waals surface area contributed by atoms with E-state index in [2.05, 4.69) is 42.5 Å². The van der Waals surface area contributed by atoms with Crippen molar-refractivity contribution in [3.8, 4) is 0 Å². The van der Waals surface area contributed by atoms with Gasteiger partial charge in [-0.2, -0.15) is 0 Å². The Morgan fingerprint density at radius 1 is 0.310 bits per heavy atom. The number of alkyl halides is 1. The van der Waals surface area contributed by atoms with Crippen LogP contribution in [-0.2, 0) is 17.1 Å². The van der Waals surface area contributed by atoms with E-state index in [0.29, 0.717) is 78.7 Å². The summed E-state index contributed by atoms with van der Waals surface area (Å²) >= 11 is 7.19. The third-order valence-electron chi connectivity index (χ3n) is 13.8. The van der Waals surface area contributed by atoms with Crippen molar-refractivity contribution in [3.05, 3.63) is 0 Å². The molecular weight excluding hydrogens is 595 g/mol. The molecular formula is C32H55ClCuN8. The second kappa shape index (κ2) is 12.3. The Kier molecular flexibility index (Phi) is 8.72. The summed E-state index contributed by atoms with van der Waals surface area (Å²) in [5.41, 5.74) is 0. The summed E-state index contributed by atoms with van der Waals surface area (Å²) in [5.74, 6) is 5.34. The van der Waals surface area contributed by atoms with Gasteiger partial charge in [-0.25, -0.2) is 0 Å². The van der Waals surface area contributed by atoms with Crippen LogP contribution in [0.15, 0.2) is 0 Å². The topological polar surface area (TPSA) is 96.2 Å². The van der Waals surface area contributed by atoms with Crippen molar-refractivity contribution in [1.29, 1.82) is 0 Å². The molecule has 0 aromatic carbocycles. The Balaban J connectivity index is 0.00000267. The van der Waals surface area contributed by atoms with Gasteiger partial charge < -0.3 is 0 Å². The van der Waals surface area contributed by atoms with Crippen molar-refractivity contribution in [2.45, 2.75) is 151 Å². The van der Waals surface area contributed by atoms with E-state index < -0.39 is 0 Å². The SMILES string of the molecule is ClC1CCCC2C3NC4NC(NC5NC(NC6NC(NC(N3)C12)C1CCCCC61)C1CCCCC51)C1CCCCC41.[Cu]. The van der Waals surface area contributed by atoms with Crippen LogP contribution in [0.25, 0.3) is 0 Å². The first-order chi connectivity index (χ1) is 20.2. The van der Waals surface area contributed by atoms with Crippen LogP contribution in [0.5, 0.6) is 0 Å². The summed E-state index contributed by atoms with van der Waals surface area (Å²) in [5, 5.41) is 33.8. The van der Waals surface area contributed by atoms with Crippen LogP contribution in [0.4, 0.5) is 0 Å². The predicted octanol–water partition coefficient (Wildman–Crippen LogP) is 2.82. The molecule has 5 heterocycles. The molecule has 4 aliphatic carbocycles. The second-order valence-corrected chi connectivity index (χ2v) is 16.2. The van der Waals surface area contributed by atoms with E-state index in [1.807, 2.05) is 0 Å². The first-order valence-corrected chi connectivity index (χ1v) is 18.4. The maximum absolute atomic E-state index is 7.19. The third-order valence-corrected chi connectivity index (χ3v) is 14.3. The fraction of sp³-hybridized carbons (Fsp3) is 1.00. The molecule has 10 heteroatoms. The maximum atomic E-state index is 7.19. The maximum Gasteiger partial charge on any atom is 0.0642 e. The molecule has 5 saturated heterocycles. The average molecular weight is 651 g/mol. The largest absolute Gasteiger partial charge is 0.286 e. The van der Waals surface area contributed by atoms with Gasteiger partial charge in [-0.15, -0.1) is 11.6 Å². The Morgan fingerprint density at radius 2 is 0.571 bits per heavy atom. The molecule has 17 unspecified atom stereocenters. The number of hydrogen-bond acceptors (Lipinski definition) is 8. The fourth-order valence-corrected chi connectivity index (χ4v) is 12.5. The van der Waals surface area contributed by atoms with E-state index in [4.69, 9.17) is 11.6 Å². The van der Waals surface area contributed by atoms with Crippen LogP contribution in [0.1, 0.15) is 96.3 Å². The van der Waals surface area contributed by atoms with Gasteiger partial charge in [-0.1, -0.05) is 44.9 Å². The van der Waals surface area contributed by atoms with Crippen molar-refractivity contribution in [2.75, 3.05) is 0 Å². The van der Waals surface area contributed by atoms with E-state index in [9.17, 15) is 0 Å².